The van der Waals surface area contributed by atoms with E-state index in [1.807, 2.05) is 54.6 Å². The summed E-state index contributed by atoms with van der Waals surface area (Å²) in [4.78, 5) is 16.0. The maximum absolute atomic E-state index is 11.7. The van der Waals surface area contributed by atoms with Crippen LogP contribution >= 0.6 is 11.3 Å². The van der Waals surface area contributed by atoms with Crippen molar-refractivity contribution in [3.05, 3.63) is 66.2 Å². The van der Waals surface area contributed by atoms with Crippen molar-refractivity contribution in [3.63, 3.8) is 0 Å². The normalized spacial score (nSPS) is 10.5. The van der Waals surface area contributed by atoms with Gasteiger partial charge in [0.05, 0.1) is 10.2 Å². The zero-order valence-electron chi connectivity index (χ0n) is 12.5. The van der Waals surface area contributed by atoms with Crippen LogP contribution in [0.15, 0.2) is 60.7 Å². The van der Waals surface area contributed by atoms with Gasteiger partial charge < -0.3 is 6.16 Å². The molecule has 1 heterocycles. The number of nitrogens with zero attached hydrogens (tertiary/aromatic N) is 1. The van der Waals surface area contributed by atoms with E-state index >= 15 is 0 Å². The summed E-state index contributed by atoms with van der Waals surface area (Å²) in [5.74, 6) is -0.423. The van der Waals surface area contributed by atoms with Gasteiger partial charge in [-0.2, -0.15) is 0 Å². The topological polar surface area (TPSA) is 39.2 Å². The number of benzene rings is 2. The van der Waals surface area contributed by atoms with Crippen molar-refractivity contribution in [2.45, 2.75) is 0 Å². The molecule has 0 aliphatic heterocycles. The van der Waals surface area contributed by atoms with E-state index in [4.69, 9.17) is 4.74 Å². The molecule has 0 radical (unpaired) electrons. The predicted molar refractivity (Wildman–Crippen MR) is 81.8 cm³/mol. The maximum atomic E-state index is 11.7. The Morgan fingerprint density at radius 3 is 2.57 bits per heavy atom. The van der Waals surface area contributed by atoms with E-state index in [0.29, 0.717) is 5.19 Å². The van der Waals surface area contributed by atoms with E-state index in [0.717, 1.165) is 15.8 Å². The Morgan fingerprint density at radius 2 is 1.81 bits per heavy atom. The molecule has 0 aliphatic carbocycles. The van der Waals surface area contributed by atoms with E-state index < -0.39 is 5.97 Å². The number of hydrogen-bond acceptors (Lipinski definition) is 4. The molecule has 2 aromatic carbocycles. The molecule has 0 saturated carbocycles. The third-order valence-electron chi connectivity index (χ3n) is 2.67. The minimum Gasteiger partial charge on any atom is -1.00 e. The molecule has 3 nitrogen and oxygen atoms in total. The molecule has 0 amide bonds. The third-order valence-corrected chi connectivity index (χ3v) is 3.59. The van der Waals surface area contributed by atoms with Crippen LogP contribution in [0.25, 0.3) is 16.3 Å². The predicted octanol–water partition coefficient (Wildman–Crippen LogP) is 1.03. The SMILES string of the molecule is O=C(/C=C/c1ccccc1)Oc1nc2ccccc2s1.[H-].[Na+]. The van der Waals surface area contributed by atoms with E-state index in [9.17, 15) is 4.79 Å². The average Bonchev–Trinajstić information content (AvgIpc) is 2.88. The van der Waals surface area contributed by atoms with Crippen LogP contribution in [-0.4, -0.2) is 11.0 Å². The monoisotopic (exact) mass is 305 g/mol. The van der Waals surface area contributed by atoms with E-state index in [2.05, 4.69) is 4.98 Å². The Balaban J connectivity index is 0.00000121. The number of esters is 1. The summed E-state index contributed by atoms with van der Waals surface area (Å²) in [5, 5.41) is 0.369. The Hall–Kier alpha value is -1.46. The maximum Gasteiger partial charge on any atom is 1.00 e. The van der Waals surface area contributed by atoms with Gasteiger partial charge in [-0.1, -0.05) is 53.8 Å². The number of para-hydroxylation sites is 1. The largest absolute Gasteiger partial charge is 1.00 e. The smallest absolute Gasteiger partial charge is 1.00 e. The summed E-state index contributed by atoms with van der Waals surface area (Å²) in [7, 11) is 0. The third kappa shape index (κ3) is 4.25. The van der Waals surface area contributed by atoms with Crippen molar-refractivity contribution in [1.82, 2.24) is 4.98 Å². The van der Waals surface area contributed by atoms with Gasteiger partial charge in [-0.15, -0.1) is 0 Å². The Morgan fingerprint density at radius 1 is 1.10 bits per heavy atom. The number of rotatable bonds is 3. The molecule has 0 aliphatic rings. The number of thiazole rings is 1. The fraction of sp³-hybridized carbons (Fsp3) is 0. The van der Waals surface area contributed by atoms with E-state index in [1.54, 1.807) is 6.08 Å². The van der Waals surface area contributed by atoms with Gasteiger partial charge in [0.1, 0.15) is 0 Å². The van der Waals surface area contributed by atoms with Crippen LogP contribution in [0.5, 0.6) is 5.19 Å². The first-order valence-corrected chi connectivity index (χ1v) is 6.93. The number of carbonyl (C=O) groups excluding carboxylic acids is 1. The second kappa shape index (κ2) is 7.52. The van der Waals surface area contributed by atoms with Gasteiger partial charge in [-0.25, -0.2) is 9.78 Å². The molecule has 0 atom stereocenters. The van der Waals surface area contributed by atoms with Crippen LogP contribution in [0.2, 0.25) is 0 Å². The summed E-state index contributed by atoms with van der Waals surface area (Å²) >= 11 is 1.36. The number of aromatic nitrogens is 1. The Bertz CT molecular complexity index is 741. The fourth-order valence-corrected chi connectivity index (χ4v) is 2.56. The molecular formula is C16H12NNaO2S. The molecule has 100 valence electrons. The molecule has 3 aromatic rings. The van der Waals surface area contributed by atoms with Crippen LogP contribution in [0, 0.1) is 0 Å². The Labute approximate surface area is 150 Å². The molecule has 0 bridgehead atoms. The zero-order valence-corrected chi connectivity index (χ0v) is 14.3. The van der Waals surface area contributed by atoms with Crippen molar-refractivity contribution in [1.29, 1.82) is 0 Å². The first kappa shape index (κ1) is 15.9. The van der Waals surface area contributed by atoms with Gasteiger partial charge in [-0.3, -0.25) is 0 Å². The van der Waals surface area contributed by atoms with Gasteiger partial charge in [0, 0.05) is 6.08 Å². The second-order valence-electron chi connectivity index (χ2n) is 4.11. The minimum absolute atomic E-state index is 0. The van der Waals surface area contributed by atoms with Crippen LogP contribution < -0.4 is 34.3 Å². The molecule has 0 unspecified atom stereocenters. The summed E-state index contributed by atoms with van der Waals surface area (Å²) < 4.78 is 6.20. The Kier molecular flexibility index (Phi) is 5.70. The van der Waals surface area contributed by atoms with Crippen LogP contribution in [0.1, 0.15) is 6.99 Å². The second-order valence-corrected chi connectivity index (χ2v) is 5.11. The number of hydrogen-bond donors (Lipinski definition) is 0. The number of fused-ring (bicyclic) bond motifs is 1. The van der Waals surface area contributed by atoms with Gasteiger partial charge in [0.15, 0.2) is 0 Å². The fourth-order valence-electron chi connectivity index (χ4n) is 1.74. The van der Waals surface area contributed by atoms with Gasteiger partial charge in [0.25, 0.3) is 5.19 Å². The molecule has 0 fully saturated rings. The summed E-state index contributed by atoms with van der Waals surface area (Å²) in [6.07, 6.45) is 3.12. The van der Waals surface area contributed by atoms with E-state index in [1.165, 1.54) is 17.4 Å². The van der Waals surface area contributed by atoms with Gasteiger partial charge in [-0.05, 0) is 23.8 Å². The van der Waals surface area contributed by atoms with Gasteiger partial charge >= 0.3 is 35.5 Å². The molecule has 5 heteroatoms. The molecule has 21 heavy (non-hydrogen) atoms. The molecule has 0 N–H and O–H groups in total. The molecule has 3 rings (SSSR count). The quantitative estimate of drug-likeness (QED) is 0.412. The summed E-state index contributed by atoms with van der Waals surface area (Å²) in [6.45, 7) is 0. The van der Waals surface area contributed by atoms with Crippen molar-refractivity contribution in [2.75, 3.05) is 0 Å². The van der Waals surface area contributed by atoms with Gasteiger partial charge in [0.2, 0.25) is 0 Å². The average molecular weight is 305 g/mol. The van der Waals surface area contributed by atoms with Crippen molar-refractivity contribution in [2.24, 2.45) is 0 Å². The zero-order chi connectivity index (χ0) is 13.8. The summed E-state index contributed by atoms with van der Waals surface area (Å²) in [5.41, 5.74) is 1.79. The first-order valence-electron chi connectivity index (χ1n) is 6.12. The van der Waals surface area contributed by atoms with Crippen LogP contribution in [-0.2, 0) is 4.79 Å². The van der Waals surface area contributed by atoms with Crippen LogP contribution in [0.4, 0.5) is 0 Å². The van der Waals surface area contributed by atoms with Crippen molar-refractivity contribution in [3.8, 4) is 5.19 Å². The number of carbonyl (C=O) groups is 1. The molecule has 0 spiro atoms. The first-order chi connectivity index (χ1) is 9.81. The van der Waals surface area contributed by atoms with E-state index in [-0.39, 0.29) is 31.0 Å². The minimum atomic E-state index is -0.423. The molecular weight excluding hydrogens is 293 g/mol. The molecule has 1 aromatic heterocycles. The standard InChI is InChI=1S/C16H11NO2S.Na.H/c18-15(11-10-12-6-2-1-3-7-12)19-16-17-13-8-4-5-9-14(13)20-16;;/h1-11H;;/q;+1;-1/b11-10+;;. The summed E-state index contributed by atoms with van der Waals surface area (Å²) in [6, 6.07) is 17.3. The molecule has 0 saturated heterocycles. The van der Waals surface area contributed by atoms with Crippen molar-refractivity contribution >= 4 is 33.6 Å². The van der Waals surface area contributed by atoms with Crippen LogP contribution in [0.3, 0.4) is 0 Å². The number of ether oxygens (including phenoxy) is 1. The van der Waals surface area contributed by atoms with Crippen molar-refractivity contribution < 1.29 is 40.5 Å².